The van der Waals surface area contributed by atoms with Crippen LogP contribution < -0.4 is 15.2 Å². The van der Waals surface area contributed by atoms with Crippen molar-refractivity contribution >= 4 is 21.8 Å². The largest absolute Gasteiger partial charge is 0.497 e. The van der Waals surface area contributed by atoms with Gasteiger partial charge in [-0.15, -0.1) is 0 Å². The van der Waals surface area contributed by atoms with E-state index < -0.39 is 0 Å². The molecule has 0 fully saturated rings. The molecule has 0 heterocycles. The van der Waals surface area contributed by atoms with E-state index in [1.54, 1.807) is 31.4 Å². The van der Waals surface area contributed by atoms with Crippen LogP contribution in [0.15, 0.2) is 52.1 Å². The van der Waals surface area contributed by atoms with Crippen molar-refractivity contribution in [3.8, 4) is 17.2 Å². The minimum absolute atomic E-state index is 0.0239. The number of oxime groups is 1. The lowest BCUT2D eigenvalue weighted by molar-refractivity contribution is 0.318. The first-order valence-corrected chi connectivity index (χ1v) is 6.52. The molecule has 0 spiro atoms. The number of methoxy groups -OCH3 is 1. The van der Waals surface area contributed by atoms with Crippen molar-refractivity contribution in [1.29, 1.82) is 0 Å². The molecule has 2 aromatic rings. The topological polar surface area (TPSA) is 77.1 Å². The molecule has 0 aromatic heterocycles. The molecule has 104 valence electrons. The van der Waals surface area contributed by atoms with E-state index in [1.807, 2.05) is 18.2 Å². The van der Waals surface area contributed by atoms with Gasteiger partial charge in [0.25, 0.3) is 0 Å². The molecular formula is C14H13BrN2O3. The Morgan fingerprint density at radius 3 is 2.65 bits per heavy atom. The summed E-state index contributed by atoms with van der Waals surface area (Å²) in [6, 6.07) is 12.4. The highest BCUT2D eigenvalue weighted by molar-refractivity contribution is 9.10. The molecule has 20 heavy (non-hydrogen) atoms. The van der Waals surface area contributed by atoms with Crippen LogP contribution >= 0.6 is 15.9 Å². The van der Waals surface area contributed by atoms with Crippen molar-refractivity contribution in [2.75, 3.05) is 7.11 Å². The van der Waals surface area contributed by atoms with Crippen LogP contribution in [0.3, 0.4) is 0 Å². The number of rotatable bonds is 4. The van der Waals surface area contributed by atoms with Crippen LogP contribution in [0.5, 0.6) is 17.2 Å². The lowest BCUT2D eigenvalue weighted by Crippen LogP contribution is -2.14. The quantitative estimate of drug-likeness (QED) is 0.388. The average molecular weight is 337 g/mol. The van der Waals surface area contributed by atoms with E-state index >= 15 is 0 Å². The third-order valence-electron chi connectivity index (χ3n) is 2.59. The monoisotopic (exact) mass is 336 g/mol. The maximum Gasteiger partial charge on any atom is 0.173 e. The van der Waals surface area contributed by atoms with Gasteiger partial charge in [-0.1, -0.05) is 27.2 Å². The van der Waals surface area contributed by atoms with Gasteiger partial charge in [-0.05, 0) is 30.3 Å². The first-order chi connectivity index (χ1) is 9.63. The minimum atomic E-state index is -0.0239. The van der Waals surface area contributed by atoms with E-state index in [2.05, 4.69) is 21.1 Å². The van der Waals surface area contributed by atoms with Gasteiger partial charge in [0.05, 0.1) is 12.7 Å². The van der Waals surface area contributed by atoms with Crippen molar-refractivity contribution < 1.29 is 14.7 Å². The fourth-order valence-corrected chi connectivity index (χ4v) is 2.00. The molecule has 2 rings (SSSR count). The van der Waals surface area contributed by atoms with Gasteiger partial charge in [-0.3, -0.25) is 0 Å². The second-order valence-corrected chi connectivity index (χ2v) is 4.82. The third kappa shape index (κ3) is 3.21. The Kier molecular flexibility index (Phi) is 4.47. The summed E-state index contributed by atoms with van der Waals surface area (Å²) < 4.78 is 11.7. The Morgan fingerprint density at radius 1 is 1.20 bits per heavy atom. The molecule has 5 nitrogen and oxygen atoms in total. The zero-order valence-corrected chi connectivity index (χ0v) is 12.3. The molecule has 0 aliphatic carbocycles. The number of hydrogen-bond donors (Lipinski definition) is 2. The second kappa shape index (κ2) is 6.29. The van der Waals surface area contributed by atoms with Crippen molar-refractivity contribution in [1.82, 2.24) is 0 Å². The van der Waals surface area contributed by atoms with E-state index in [-0.39, 0.29) is 5.84 Å². The van der Waals surface area contributed by atoms with Crippen molar-refractivity contribution in [3.63, 3.8) is 0 Å². The average Bonchev–Trinajstić information content (AvgIpc) is 2.48. The van der Waals surface area contributed by atoms with E-state index in [0.717, 1.165) is 4.47 Å². The van der Waals surface area contributed by atoms with Gasteiger partial charge >= 0.3 is 0 Å². The van der Waals surface area contributed by atoms with E-state index in [0.29, 0.717) is 22.8 Å². The van der Waals surface area contributed by atoms with Crippen molar-refractivity contribution in [2.24, 2.45) is 10.9 Å². The first-order valence-electron chi connectivity index (χ1n) is 5.73. The highest BCUT2D eigenvalue weighted by Crippen LogP contribution is 2.29. The summed E-state index contributed by atoms with van der Waals surface area (Å²) in [5.41, 5.74) is 6.14. The number of halogens is 1. The molecule has 2 aromatic carbocycles. The SMILES string of the molecule is COc1cccc(Oc2ccc(Br)cc2/C(N)=N/O)c1. The predicted molar refractivity (Wildman–Crippen MR) is 79.7 cm³/mol. The molecule has 0 aliphatic heterocycles. The number of hydrogen-bond acceptors (Lipinski definition) is 4. The molecule has 3 N–H and O–H groups in total. The van der Waals surface area contributed by atoms with Crippen LogP contribution in [0.2, 0.25) is 0 Å². The molecule has 0 aliphatic rings. The standard InChI is InChI=1S/C14H13BrN2O3/c1-19-10-3-2-4-11(8-10)20-13-6-5-9(15)7-12(13)14(16)17-18/h2-8,18H,1H3,(H2,16,17). The number of amidine groups is 1. The molecule has 0 radical (unpaired) electrons. The maximum atomic E-state index is 8.82. The van der Waals surface area contributed by atoms with Gasteiger partial charge in [0, 0.05) is 10.5 Å². The summed E-state index contributed by atoms with van der Waals surface area (Å²) in [5, 5.41) is 11.8. The van der Waals surface area contributed by atoms with E-state index in [9.17, 15) is 0 Å². The van der Waals surface area contributed by atoms with Crippen LogP contribution in [-0.4, -0.2) is 18.2 Å². The van der Waals surface area contributed by atoms with Crippen molar-refractivity contribution in [2.45, 2.75) is 0 Å². The molecule has 0 bridgehead atoms. The summed E-state index contributed by atoms with van der Waals surface area (Å²) in [6.45, 7) is 0. The van der Waals surface area contributed by atoms with Gasteiger partial charge in [0.15, 0.2) is 5.84 Å². The molecule has 0 saturated carbocycles. The van der Waals surface area contributed by atoms with Crippen LogP contribution in [0.25, 0.3) is 0 Å². The number of ether oxygens (including phenoxy) is 2. The summed E-state index contributed by atoms with van der Waals surface area (Å²) in [7, 11) is 1.58. The van der Waals surface area contributed by atoms with Crippen molar-refractivity contribution in [3.05, 3.63) is 52.5 Å². The second-order valence-electron chi connectivity index (χ2n) is 3.91. The smallest absolute Gasteiger partial charge is 0.173 e. The van der Waals surface area contributed by atoms with Gasteiger partial charge in [-0.2, -0.15) is 0 Å². The zero-order valence-electron chi connectivity index (χ0n) is 10.7. The molecule has 0 saturated heterocycles. The fourth-order valence-electron chi connectivity index (χ4n) is 1.64. The predicted octanol–water partition coefficient (Wildman–Crippen LogP) is 3.34. The van der Waals surface area contributed by atoms with Crippen LogP contribution in [0.4, 0.5) is 0 Å². The molecule has 0 amide bonds. The van der Waals surface area contributed by atoms with Crippen LogP contribution in [0, 0.1) is 0 Å². The third-order valence-corrected chi connectivity index (χ3v) is 3.09. The minimum Gasteiger partial charge on any atom is -0.497 e. The van der Waals surface area contributed by atoms with Gasteiger partial charge < -0.3 is 20.4 Å². The lowest BCUT2D eigenvalue weighted by Gasteiger charge is -2.11. The highest BCUT2D eigenvalue weighted by Gasteiger charge is 2.10. The maximum absolute atomic E-state index is 8.82. The Bertz CT molecular complexity index is 644. The molecule has 0 unspecified atom stereocenters. The molecular weight excluding hydrogens is 324 g/mol. The normalized spacial score (nSPS) is 11.2. The first kappa shape index (κ1) is 14.2. The summed E-state index contributed by atoms with van der Waals surface area (Å²) in [4.78, 5) is 0. The number of nitrogens with two attached hydrogens (primary N) is 1. The highest BCUT2D eigenvalue weighted by atomic mass is 79.9. The Hall–Kier alpha value is -2.21. The number of benzene rings is 2. The molecule has 0 atom stereocenters. The van der Waals surface area contributed by atoms with Gasteiger partial charge in [0.1, 0.15) is 17.2 Å². The summed E-state index contributed by atoms with van der Waals surface area (Å²) in [5.74, 6) is 1.74. The molecule has 6 heteroatoms. The summed E-state index contributed by atoms with van der Waals surface area (Å²) >= 11 is 3.33. The Labute approximate surface area is 124 Å². The van der Waals surface area contributed by atoms with Gasteiger partial charge in [-0.25, -0.2) is 0 Å². The summed E-state index contributed by atoms with van der Waals surface area (Å²) in [6.07, 6.45) is 0. The van der Waals surface area contributed by atoms with E-state index in [4.69, 9.17) is 20.4 Å². The number of nitrogens with zero attached hydrogens (tertiary/aromatic N) is 1. The van der Waals surface area contributed by atoms with E-state index in [1.165, 1.54) is 0 Å². The zero-order chi connectivity index (χ0) is 14.5. The Morgan fingerprint density at radius 2 is 1.95 bits per heavy atom. The lowest BCUT2D eigenvalue weighted by atomic mass is 10.2. The van der Waals surface area contributed by atoms with Crippen LogP contribution in [-0.2, 0) is 0 Å². The van der Waals surface area contributed by atoms with Gasteiger partial charge in [0.2, 0.25) is 0 Å². The van der Waals surface area contributed by atoms with Crippen LogP contribution in [0.1, 0.15) is 5.56 Å². The fraction of sp³-hybridized carbons (Fsp3) is 0.0714. The Balaban J connectivity index is 2.37.